The lowest BCUT2D eigenvalue weighted by Gasteiger charge is -2.09. The van der Waals surface area contributed by atoms with Crippen LogP contribution in [0.4, 0.5) is 5.69 Å². The predicted octanol–water partition coefficient (Wildman–Crippen LogP) is 5.88. The molecule has 4 rings (SSSR count). The molecule has 0 saturated carbocycles. The van der Waals surface area contributed by atoms with Crippen LogP contribution in [0.15, 0.2) is 92.8 Å². The van der Waals surface area contributed by atoms with Crippen molar-refractivity contribution in [3.05, 3.63) is 89.1 Å². The van der Waals surface area contributed by atoms with E-state index >= 15 is 0 Å². The Kier molecular flexibility index (Phi) is 5.25. The van der Waals surface area contributed by atoms with Crippen molar-refractivity contribution >= 4 is 31.6 Å². The highest BCUT2D eigenvalue weighted by Crippen LogP contribution is 2.27. The van der Waals surface area contributed by atoms with E-state index in [4.69, 9.17) is 4.42 Å². The second-order valence-corrected chi connectivity index (χ2v) is 9.14. The summed E-state index contributed by atoms with van der Waals surface area (Å²) in [5.41, 5.74) is 3.96. The molecule has 0 amide bonds. The number of nitrogens with one attached hydrogen (secondary N) is 1. The molecule has 146 valence electrons. The average Bonchev–Trinajstić information content (AvgIpc) is 3.19. The Balaban J connectivity index is 1.59. The van der Waals surface area contributed by atoms with Crippen LogP contribution >= 0.6 is 15.9 Å². The molecule has 1 heterocycles. The standard InChI is InChI=1S/C22H17BrN2O3S/c1-15-5-7-16(8-6-15)21-14-28-22(24-21)17-3-2-4-19(13-17)25-29(26,27)20-11-9-18(23)10-12-20/h2-14,25H,1H3. The third kappa shape index (κ3) is 4.41. The third-order valence-electron chi connectivity index (χ3n) is 4.34. The largest absolute Gasteiger partial charge is 0.444 e. The predicted molar refractivity (Wildman–Crippen MR) is 117 cm³/mol. The molecular weight excluding hydrogens is 452 g/mol. The number of aromatic nitrogens is 1. The van der Waals surface area contributed by atoms with Gasteiger partial charge in [0.15, 0.2) is 0 Å². The van der Waals surface area contributed by atoms with E-state index in [0.29, 0.717) is 17.1 Å². The molecule has 5 nitrogen and oxygen atoms in total. The molecule has 0 aliphatic carbocycles. The first-order valence-corrected chi connectivity index (χ1v) is 11.1. The summed E-state index contributed by atoms with van der Waals surface area (Å²) in [6.45, 7) is 2.03. The second kappa shape index (κ2) is 7.85. The van der Waals surface area contributed by atoms with Crippen LogP contribution in [0, 0.1) is 6.92 Å². The Morgan fingerprint density at radius 1 is 0.931 bits per heavy atom. The molecule has 7 heteroatoms. The minimum Gasteiger partial charge on any atom is -0.444 e. The summed E-state index contributed by atoms with van der Waals surface area (Å²) >= 11 is 3.30. The van der Waals surface area contributed by atoms with E-state index in [0.717, 1.165) is 15.7 Å². The van der Waals surface area contributed by atoms with E-state index in [1.54, 1.807) is 36.6 Å². The van der Waals surface area contributed by atoms with Crippen molar-refractivity contribution in [1.29, 1.82) is 0 Å². The number of benzene rings is 3. The fourth-order valence-corrected chi connectivity index (χ4v) is 4.12. The minimum absolute atomic E-state index is 0.184. The first kappa shape index (κ1) is 19.4. The van der Waals surface area contributed by atoms with E-state index < -0.39 is 10.0 Å². The van der Waals surface area contributed by atoms with Crippen LogP contribution in [0.3, 0.4) is 0 Å². The molecule has 0 atom stereocenters. The molecule has 0 bridgehead atoms. The van der Waals surface area contributed by atoms with Gasteiger partial charge in [-0.25, -0.2) is 13.4 Å². The summed E-state index contributed by atoms with van der Waals surface area (Å²) in [4.78, 5) is 4.72. The molecule has 4 aromatic rings. The fourth-order valence-electron chi connectivity index (χ4n) is 2.81. The maximum atomic E-state index is 12.6. The number of nitrogens with zero attached hydrogens (tertiary/aromatic N) is 1. The Morgan fingerprint density at radius 3 is 2.38 bits per heavy atom. The van der Waals surface area contributed by atoms with Crippen LogP contribution in [0.2, 0.25) is 0 Å². The lowest BCUT2D eigenvalue weighted by molar-refractivity contribution is 0.575. The van der Waals surface area contributed by atoms with Crippen molar-refractivity contribution in [2.75, 3.05) is 4.72 Å². The summed E-state index contributed by atoms with van der Waals surface area (Å²) in [6.07, 6.45) is 1.60. The molecule has 0 saturated heterocycles. The summed E-state index contributed by atoms with van der Waals surface area (Å²) in [5.74, 6) is 0.422. The second-order valence-electron chi connectivity index (χ2n) is 6.54. The number of hydrogen-bond donors (Lipinski definition) is 1. The molecule has 29 heavy (non-hydrogen) atoms. The van der Waals surface area contributed by atoms with E-state index in [9.17, 15) is 8.42 Å². The fraction of sp³-hybridized carbons (Fsp3) is 0.0455. The first-order chi connectivity index (χ1) is 13.9. The van der Waals surface area contributed by atoms with Crippen LogP contribution in [0.1, 0.15) is 5.56 Å². The van der Waals surface area contributed by atoms with Gasteiger partial charge in [-0.1, -0.05) is 51.8 Å². The van der Waals surface area contributed by atoms with Crippen molar-refractivity contribution in [2.45, 2.75) is 11.8 Å². The topological polar surface area (TPSA) is 72.2 Å². The highest BCUT2D eigenvalue weighted by molar-refractivity contribution is 9.10. The van der Waals surface area contributed by atoms with Gasteiger partial charge in [0.2, 0.25) is 5.89 Å². The monoisotopic (exact) mass is 468 g/mol. The van der Waals surface area contributed by atoms with Crippen molar-refractivity contribution in [3.63, 3.8) is 0 Å². The molecule has 0 aliphatic heterocycles. The van der Waals surface area contributed by atoms with E-state index in [-0.39, 0.29) is 4.90 Å². The summed E-state index contributed by atoms with van der Waals surface area (Å²) < 4.78 is 34.3. The normalized spacial score (nSPS) is 11.4. The van der Waals surface area contributed by atoms with Gasteiger partial charge in [-0.15, -0.1) is 0 Å². The molecule has 3 aromatic carbocycles. The number of anilines is 1. The summed E-state index contributed by atoms with van der Waals surface area (Å²) in [5, 5.41) is 0. The lowest BCUT2D eigenvalue weighted by atomic mass is 10.1. The third-order valence-corrected chi connectivity index (χ3v) is 6.26. The Morgan fingerprint density at radius 2 is 1.66 bits per heavy atom. The number of aryl methyl sites for hydroxylation is 1. The molecule has 1 aromatic heterocycles. The van der Waals surface area contributed by atoms with E-state index in [1.165, 1.54) is 17.7 Å². The number of halogens is 1. The summed E-state index contributed by atoms with van der Waals surface area (Å²) in [7, 11) is -3.69. The Hall–Kier alpha value is -2.90. The molecule has 0 spiro atoms. The zero-order chi connectivity index (χ0) is 20.4. The zero-order valence-electron chi connectivity index (χ0n) is 15.5. The van der Waals surface area contributed by atoms with Crippen molar-refractivity contribution in [1.82, 2.24) is 4.98 Å². The molecule has 1 N–H and O–H groups in total. The van der Waals surface area contributed by atoms with Gasteiger partial charge in [-0.3, -0.25) is 4.72 Å². The first-order valence-electron chi connectivity index (χ1n) is 8.82. The van der Waals surface area contributed by atoms with Crippen LogP contribution in [0.25, 0.3) is 22.7 Å². The van der Waals surface area contributed by atoms with Gasteiger partial charge in [0.25, 0.3) is 10.0 Å². The molecule has 0 fully saturated rings. The number of sulfonamides is 1. The maximum Gasteiger partial charge on any atom is 0.261 e. The van der Waals surface area contributed by atoms with Crippen LogP contribution in [-0.2, 0) is 10.0 Å². The number of oxazole rings is 1. The van der Waals surface area contributed by atoms with Crippen LogP contribution in [-0.4, -0.2) is 13.4 Å². The van der Waals surface area contributed by atoms with Gasteiger partial charge in [-0.2, -0.15) is 0 Å². The lowest BCUT2D eigenvalue weighted by Crippen LogP contribution is -2.12. The average molecular weight is 469 g/mol. The Bertz CT molecular complexity index is 1250. The van der Waals surface area contributed by atoms with Gasteiger partial charge in [0, 0.05) is 21.3 Å². The highest BCUT2D eigenvalue weighted by Gasteiger charge is 2.15. The van der Waals surface area contributed by atoms with Crippen molar-refractivity contribution in [2.24, 2.45) is 0 Å². The SMILES string of the molecule is Cc1ccc(-c2coc(-c3cccc(NS(=O)(=O)c4ccc(Br)cc4)c3)n2)cc1. The Labute approximate surface area is 177 Å². The van der Waals surface area contributed by atoms with Gasteiger partial charge in [-0.05, 0) is 49.4 Å². The van der Waals surface area contributed by atoms with Crippen LogP contribution < -0.4 is 4.72 Å². The van der Waals surface area contributed by atoms with Crippen molar-refractivity contribution < 1.29 is 12.8 Å². The highest BCUT2D eigenvalue weighted by atomic mass is 79.9. The van der Waals surface area contributed by atoms with Gasteiger partial charge in [0.05, 0.1) is 4.90 Å². The quantitative estimate of drug-likeness (QED) is 0.396. The molecule has 0 aliphatic rings. The maximum absolute atomic E-state index is 12.6. The van der Waals surface area contributed by atoms with E-state index in [1.807, 2.05) is 37.3 Å². The summed E-state index contributed by atoms with van der Waals surface area (Å²) in [6, 6.07) is 21.4. The van der Waals surface area contributed by atoms with Gasteiger partial charge >= 0.3 is 0 Å². The zero-order valence-corrected chi connectivity index (χ0v) is 17.9. The van der Waals surface area contributed by atoms with Crippen LogP contribution in [0.5, 0.6) is 0 Å². The van der Waals surface area contributed by atoms with Crippen molar-refractivity contribution in [3.8, 4) is 22.7 Å². The molecule has 0 radical (unpaired) electrons. The minimum atomic E-state index is -3.69. The number of hydrogen-bond acceptors (Lipinski definition) is 4. The van der Waals surface area contributed by atoms with Gasteiger partial charge in [0.1, 0.15) is 12.0 Å². The van der Waals surface area contributed by atoms with E-state index in [2.05, 4.69) is 25.6 Å². The van der Waals surface area contributed by atoms with Gasteiger partial charge < -0.3 is 4.42 Å². The number of rotatable bonds is 5. The molecular formula is C22H17BrN2O3S. The smallest absolute Gasteiger partial charge is 0.261 e. The molecule has 0 unspecified atom stereocenters.